The Kier molecular flexibility index (Phi) is 6.91. The van der Waals surface area contributed by atoms with Gasteiger partial charge in [-0.1, -0.05) is 35.4 Å². The number of hydrogen-bond acceptors (Lipinski definition) is 5. The molecule has 0 saturated carbocycles. The first-order valence-corrected chi connectivity index (χ1v) is 11.9. The number of amidine groups is 1. The molecular formula is C26H23BrN2O3S. The van der Waals surface area contributed by atoms with Crippen LogP contribution >= 0.6 is 27.7 Å². The highest BCUT2D eigenvalue weighted by molar-refractivity contribution is 9.10. The first kappa shape index (κ1) is 23.1. The van der Waals surface area contributed by atoms with E-state index in [4.69, 9.17) is 14.5 Å². The van der Waals surface area contributed by atoms with Crippen molar-refractivity contribution in [3.8, 4) is 11.5 Å². The summed E-state index contributed by atoms with van der Waals surface area (Å²) in [4.78, 5) is 20.5. The molecule has 1 heterocycles. The van der Waals surface area contributed by atoms with Crippen LogP contribution in [-0.4, -0.2) is 25.3 Å². The number of anilines is 1. The zero-order valence-corrected chi connectivity index (χ0v) is 21.2. The number of benzene rings is 3. The molecule has 0 spiro atoms. The van der Waals surface area contributed by atoms with Crippen molar-refractivity contribution in [2.75, 3.05) is 19.1 Å². The quantitative estimate of drug-likeness (QED) is 0.342. The molecule has 0 atom stereocenters. The maximum Gasteiger partial charge on any atom is 0.271 e. The molecule has 1 aliphatic rings. The SMILES string of the molecule is COc1cc(OC)c(/C=C2/SC(=Nc3ccc(C)cc3)N(c3ccc(C)cc3)C2=O)cc1Br. The largest absolute Gasteiger partial charge is 0.496 e. The van der Waals surface area contributed by atoms with Gasteiger partial charge in [-0.3, -0.25) is 9.69 Å². The van der Waals surface area contributed by atoms with Gasteiger partial charge in [0.15, 0.2) is 5.17 Å². The lowest BCUT2D eigenvalue weighted by Gasteiger charge is -2.16. The van der Waals surface area contributed by atoms with Crippen molar-refractivity contribution in [2.45, 2.75) is 13.8 Å². The van der Waals surface area contributed by atoms with Gasteiger partial charge in [0.05, 0.1) is 35.0 Å². The molecule has 0 aliphatic carbocycles. The highest BCUT2D eigenvalue weighted by Crippen LogP contribution is 2.40. The smallest absolute Gasteiger partial charge is 0.271 e. The van der Waals surface area contributed by atoms with Crippen LogP contribution in [0.5, 0.6) is 11.5 Å². The summed E-state index contributed by atoms with van der Waals surface area (Å²) in [5.41, 5.74) is 4.61. The second-order valence-corrected chi connectivity index (χ2v) is 9.41. The molecule has 0 unspecified atom stereocenters. The van der Waals surface area contributed by atoms with Gasteiger partial charge in [-0.15, -0.1) is 0 Å². The molecule has 33 heavy (non-hydrogen) atoms. The molecular weight excluding hydrogens is 500 g/mol. The monoisotopic (exact) mass is 522 g/mol. The van der Waals surface area contributed by atoms with Crippen molar-refractivity contribution in [1.82, 2.24) is 0 Å². The summed E-state index contributed by atoms with van der Waals surface area (Å²) in [6.07, 6.45) is 1.83. The maximum atomic E-state index is 13.5. The Morgan fingerprint density at radius 1 is 0.909 bits per heavy atom. The van der Waals surface area contributed by atoms with Crippen molar-refractivity contribution < 1.29 is 14.3 Å². The van der Waals surface area contributed by atoms with E-state index in [0.29, 0.717) is 21.6 Å². The second-order valence-electron chi connectivity index (χ2n) is 7.55. The van der Waals surface area contributed by atoms with Gasteiger partial charge in [0, 0.05) is 11.6 Å². The number of carbonyl (C=O) groups excluding carboxylic acids is 1. The number of halogens is 1. The topological polar surface area (TPSA) is 51.1 Å². The average Bonchev–Trinajstić information content (AvgIpc) is 3.10. The Morgan fingerprint density at radius 2 is 1.52 bits per heavy atom. The van der Waals surface area contributed by atoms with Crippen LogP contribution in [0, 0.1) is 13.8 Å². The van der Waals surface area contributed by atoms with E-state index in [1.807, 2.05) is 74.5 Å². The summed E-state index contributed by atoms with van der Waals surface area (Å²) >= 11 is 4.86. The van der Waals surface area contributed by atoms with Crippen LogP contribution in [0.15, 0.2) is 75.0 Å². The Labute approximate surface area is 206 Å². The van der Waals surface area contributed by atoms with Crippen molar-refractivity contribution >= 4 is 56.2 Å². The second kappa shape index (κ2) is 9.85. The number of aryl methyl sites for hydroxylation is 2. The third kappa shape index (κ3) is 4.99. The van der Waals surface area contributed by atoms with Crippen LogP contribution in [0.2, 0.25) is 0 Å². The summed E-state index contributed by atoms with van der Waals surface area (Å²) in [5.74, 6) is 1.13. The molecule has 0 bridgehead atoms. The van der Waals surface area contributed by atoms with Crippen molar-refractivity contribution in [1.29, 1.82) is 0 Å². The van der Waals surface area contributed by atoms with Crippen molar-refractivity contribution in [3.05, 3.63) is 86.7 Å². The number of ether oxygens (including phenoxy) is 2. The lowest BCUT2D eigenvalue weighted by molar-refractivity contribution is -0.113. The molecule has 1 saturated heterocycles. The molecule has 0 radical (unpaired) electrons. The minimum Gasteiger partial charge on any atom is -0.496 e. The number of amides is 1. The van der Waals surface area contributed by atoms with E-state index in [1.165, 1.54) is 11.8 Å². The van der Waals surface area contributed by atoms with Crippen LogP contribution < -0.4 is 14.4 Å². The number of rotatable bonds is 5. The number of carbonyl (C=O) groups is 1. The maximum absolute atomic E-state index is 13.5. The highest BCUT2D eigenvalue weighted by atomic mass is 79.9. The van der Waals surface area contributed by atoms with Gasteiger partial charge in [-0.25, -0.2) is 4.99 Å². The Balaban J connectivity index is 1.80. The first-order valence-electron chi connectivity index (χ1n) is 10.3. The zero-order valence-electron chi connectivity index (χ0n) is 18.8. The van der Waals surface area contributed by atoms with Gasteiger partial charge >= 0.3 is 0 Å². The fourth-order valence-corrected chi connectivity index (χ4v) is 4.85. The van der Waals surface area contributed by atoms with Gasteiger partial charge in [0.25, 0.3) is 5.91 Å². The Hall–Kier alpha value is -3.03. The third-order valence-corrected chi connectivity index (χ3v) is 6.74. The van der Waals surface area contributed by atoms with Gasteiger partial charge in [0.1, 0.15) is 11.5 Å². The van der Waals surface area contributed by atoms with E-state index >= 15 is 0 Å². The molecule has 3 aromatic carbocycles. The lowest BCUT2D eigenvalue weighted by atomic mass is 10.1. The number of thioether (sulfide) groups is 1. The molecule has 4 rings (SSSR count). The van der Waals surface area contributed by atoms with Gasteiger partial charge in [0.2, 0.25) is 0 Å². The van der Waals surface area contributed by atoms with Crippen molar-refractivity contribution in [3.63, 3.8) is 0 Å². The predicted molar refractivity (Wildman–Crippen MR) is 140 cm³/mol. The summed E-state index contributed by atoms with van der Waals surface area (Å²) in [7, 11) is 3.19. The minimum absolute atomic E-state index is 0.135. The molecule has 1 aliphatic heterocycles. The first-order chi connectivity index (χ1) is 15.9. The van der Waals surface area contributed by atoms with Crippen LogP contribution in [0.25, 0.3) is 6.08 Å². The Bertz CT molecular complexity index is 1250. The average molecular weight is 523 g/mol. The van der Waals surface area contributed by atoms with Crippen LogP contribution in [0.4, 0.5) is 11.4 Å². The zero-order chi connectivity index (χ0) is 23.5. The predicted octanol–water partition coefficient (Wildman–Crippen LogP) is 6.89. The van der Waals surface area contributed by atoms with E-state index < -0.39 is 0 Å². The van der Waals surface area contributed by atoms with Crippen LogP contribution in [0.3, 0.4) is 0 Å². The minimum atomic E-state index is -0.135. The summed E-state index contributed by atoms with van der Waals surface area (Å²) < 4.78 is 11.7. The van der Waals surface area contributed by atoms with Crippen LogP contribution in [-0.2, 0) is 4.79 Å². The number of aliphatic imine (C=N–C) groups is 1. The number of hydrogen-bond donors (Lipinski definition) is 0. The molecule has 1 amide bonds. The number of nitrogens with zero attached hydrogens (tertiary/aromatic N) is 2. The fraction of sp³-hybridized carbons (Fsp3) is 0.154. The van der Waals surface area contributed by atoms with E-state index in [0.717, 1.165) is 32.5 Å². The van der Waals surface area contributed by atoms with E-state index in [2.05, 4.69) is 15.9 Å². The molecule has 168 valence electrons. The van der Waals surface area contributed by atoms with Crippen LogP contribution in [0.1, 0.15) is 16.7 Å². The summed E-state index contributed by atoms with van der Waals surface area (Å²) in [6, 6.07) is 19.4. The van der Waals surface area contributed by atoms with E-state index in [9.17, 15) is 4.79 Å². The molecule has 0 aromatic heterocycles. The standard InChI is InChI=1S/C26H23BrN2O3S/c1-16-5-9-19(10-6-16)28-26-29(20-11-7-17(2)8-12-20)25(30)24(33-26)14-18-13-21(27)23(32-4)15-22(18)31-3/h5-15H,1-4H3/b24-14+,28-26?. The molecule has 3 aromatic rings. The normalized spacial score (nSPS) is 16.0. The summed E-state index contributed by atoms with van der Waals surface area (Å²) in [5, 5.41) is 0.602. The molecule has 5 nitrogen and oxygen atoms in total. The van der Waals surface area contributed by atoms with E-state index in [1.54, 1.807) is 25.2 Å². The van der Waals surface area contributed by atoms with E-state index in [-0.39, 0.29) is 5.91 Å². The van der Waals surface area contributed by atoms with Gasteiger partial charge in [-0.05, 0) is 77.9 Å². The summed E-state index contributed by atoms with van der Waals surface area (Å²) in [6.45, 7) is 4.05. The lowest BCUT2D eigenvalue weighted by Crippen LogP contribution is -2.28. The molecule has 1 fully saturated rings. The van der Waals surface area contributed by atoms with Crippen molar-refractivity contribution in [2.24, 2.45) is 4.99 Å². The molecule has 7 heteroatoms. The molecule has 0 N–H and O–H groups in total. The van der Waals surface area contributed by atoms with Gasteiger partial charge < -0.3 is 9.47 Å². The third-order valence-electron chi connectivity index (χ3n) is 5.15. The number of methoxy groups -OCH3 is 2. The Morgan fingerprint density at radius 3 is 2.12 bits per heavy atom. The highest BCUT2D eigenvalue weighted by Gasteiger charge is 2.35. The fourth-order valence-electron chi connectivity index (χ4n) is 3.34. The van der Waals surface area contributed by atoms with Gasteiger partial charge in [-0.2, -0.15) is 0 Å².